The third-order valence-electron chi connectivity index (χ3n) is 3.48. The molecule has 2 aromatic rings. The Bertz CT molecular complexity index is 642. The van der Waals surface area contributed by atoms with Gasteiger partial charge in [-0.3, -0.25) is 0 Å². The van der Waals surface area contributed by atoms with E-state index in [0.717, 1.165) is 34.2 Å². The first kappa shape index (κ1) is 15.1. The molecule has 1 heterocycles. The predicted octanol–water partition coefficient (Wildman–Crippen LogP) is 2.74. The van der Waals surface area contributed by atoms with Gasteiger partial charge in [0.15, 0.2) is 11.5 Å². The summed E-state index contributed by atoms with van der Waals surface area (Å²) >= 11 is 0. The minimum absolute atomic E-state index is 0.649. The Hall–Kier alpha value is -2.30. The van der Waals surface area contributed by atoms with Gasteiger partial charge in [0.1, 0.15) is 11.6 Å². The molecule has 0 saturated heterocycles. The first-order chi connectivity index (χ1) is 10.1. The summed E-state index contributed by atoms with van der Waals surface area (Å²) in [6, 6.07) is 5.85. The molecule has 0 radical (unpaired) electrons. The summed E-state index contributed by atoms with van der Waals surface area (Å²) in [5.41, 5.74) is 3.15. The van der Waals surface area contributed by atoms with Gasteiger partial charge < -0.3 is 14.8 Å². The van der Waals surface area contributed by atoms with Gasteiger partial charge in [-0.25, -0.2) is 9.97 Å². The van der Waals surface area contributed by atoms with Crippen LogP contribution < -0.4 is 14.8 Å². The fourth-order valence-electron chi connectivity index (χ4n) is 2.18. The number of rotatable bonds is 5. The lowest BCUT2D eigenvalue weighted by Gasteiger charge is -2.11. The third-order valence-corrected chi connectivity index (χ3v) is 3.48. The summed E-state index contributed by atoms with van der Waals surface area (Å²) in [4.78, 5) is 9.10. The molecule has 0 saturated carbocycles. The number of nitrogens with zero attached hydrogens (tertiary/aromatic N) is 2. The van der Waals surface area contributed by atoms with Crippen LogP contribution in [0.1, 0.15) is 22.6 Å². The van der Waals surface area contributed by atoms with Gasteiger partial charge in [-0.2, -0.15) is 0 Å². The van der Waals surface area contributed by atoms with Crippen LogP contribution in [0.4, 0.5) is 5.82 Å². The van der Waals surface area contributed by atoms with Gasteiger partial charge >= 0.3 is 0 Å². The van der Waals surface area contributed by atoms with E-state index in [0.29, 0.717) is 12.2 Å². The third kappa shape index (κ3) is 3.24. The zero-order valence-electron chi connectivity index (χ0n) is 13.2. The highest BCUT2D eigenvalue weighted by Gasteiger charge is 2.10. The molecule has 1 N–H and O–H groups in total. The Labute approximate surface area is 125 Å². The Balaban J connectivity index is 2.32. The standard InChI is InChI=1S/C16H21N3O2/c1-10-11(2)18-15(19-16(10)17-3)9-12-6-7-13(20-4)14(8-12)21-5/h6-8H,9H2,1-5H3,(H,17,18,19). The maximum Gasteiger partial charge on any atom is 0.161 e. The molecule has 1 aromatic heterocycles. The van der Waals surface area contributed by atoms with Crippen molar-refractivity contribution in [2.24, 2.45) is 0 Å². The molecule has 0 bridgehead atoms. The van der Waals surface area contributed by atoms with Crippen LogP contribution >= 0.6 is 0 Å². The number of hydrogen-bond donors (Lipinski definition) is 1. The van der Waals surface area contributed by atoms with E-state index in [1.165, 1.54) is 0 Å². The van der Waals surface area contributed by atoms with Crippen molar-refractivity contribution in [3.63, 3.8) is 0 Å². The van der Waals surface area contributed by atoms with Gasteiger partial charge in [-0.05, 0) is 31.5 Å². The summed E-state index contributed by atoms with van der Waals surface area (Å²) < 4.78 is 10.6. The molecule has 0 fully saturated rings. The second-order valence-corrected chi connectivity index (χ2v) is 4.81. The predicted molar refractivity (Wildman–Crippen MR) is 83.4 cm³/mol. The van der Waals surface area contributed by atoms with Crippen molar-refractivity contribution in [2.75, 3.05) is 26.6 Å². The zero-order valence-corrected chi connectivity index (χ0v) is 13.2. The number of aromatic nitrogens is 2. The summed E-state index contributed by atoms with van der Waals surface area (Å²) in [6.45, 7) is 4.01. The smallest absolute Gasteiger partial charge is 0.161 e. The SMILES string of the molecule is CNc1nc(Cc2ccc(OC)c(OC)c2)nc(C)c1C. The van der Waals surface area contributed by atoms with Crippen LogP contribution in [0.25, 0.3) is 0 Å². The number of anilines is 1. The van der Waals surface area contributed by atoms with E-state index in [1.54, 1.807) is 14.2 Å². The van der Waals surface area contributed by atoms with Crippen LogP contribution in [0.15, 0.2) is 18.2 Å². The van der Waals surface area contributed by atoms with Gasteiger partial charge in [-0.15, -0.1) is 0 Å². The van der Waals surface area contributed by atoms with Crippen molar-refractivity contribution in [1.29, 1.82) is 0 Å². The minimum atomic E-state index is 0.649. The van der Waals surface area contributed by atoms with Gasteiger partial charge in [0, 0.05) is 24.7 Å². The average molecular weight is 287 g/mol. The van der Waals surface area contributed by atoms with Crippen LogP contribution in [0.3, 0.4) is 0 Å². The number of ether oxygens (including phenoxy) is 2. The summed E-state index contributed by atoms with van der Waals surface area (Å²) in [5, 5.41) is 3.11. The number of benzene rings is 1. The van der Waals surface area contributed by atoms with Crippen LogP contribution in [0.2, 0.25) is 0 Å². The van der Waals surface area contributed by atoms with E-state index < -0.39 is 0 Å². The van der Waals surface area contributed by atoms with Crippen molar-refractivity contribution in [3.05, 3.63) is 40.8 Å². The van der Waals surface area contributed by atoms with Gasteiger partial charge in [0.05, 0.1) is 14.2 Å². The van der Waals surface area contributed by atoms with Gasteiger partial charge in [-0.1, -0.05) is 6.07 Å². The van der Waals surface area contributed by atoms with Crippen molar-refractivity contribution >= 4 is 5.82 Å². The first-order valence-corrected chi connectivity index (χ1v) is 6.81. The molecule has 0 unspecified atom stereocenters. The zero-order chi connectivity index (χ0) is 15.4. The average Bonchev–Trinajstić information content (AvgIpc) is 2.50. The van der Waals surface area contributed by atoms with Gasteiger partial charge in [0.2, 0.25) is 0 Å². The number of hydrogen-bond acceptors (Lipinski definition) is 5. The largest absolute Gasteiger partial charge is 0.493 e. The molecular formula is C16H21N3O2. The fraction of sp³-hybridized carbons (Fsp3) is 0.375. The van der Waals surface area contributed by atoms with Crippen LogP contribution in [0, 0.1) is 13.8 Å². The molecule has 2 rings (SSSR count). The molecule has 5 nitrogen and oxygen atoms in total. The first-order valence-electron chi connectivity index (χ1n) is 6.81. The minimum Gasteiger partial charge on any atom is -0.493 e. The van der Waals surface area contributed by atoms with E-state index in [-0.39, 0.29) is 0 Å². The van der Waals surface area contributed by atoms with Gasteiger partial charge in [0.25, 0.3) is 0 Å². The number of methoxy groups -OCH3 is 2. The summed E-state index contributed by atoms with van der Waals surface area (Å²) in [5.74, 6) is 3.10. The molecule has 5 heteroatoms. The Morgan fingerprint density at radius 1 is 1.05 bits per heavy atom. The highest BCUT2D eigenvalue weighted by atomic mass is 16.5. The number of aryl methyl sites for hydroxylation is 1. The maximum absolute atomic E-state index is 5.32. The molecule has 0 amide bonds. The second-order valence-electron chi connectivity index (χ2n) is 4.81. The van der Waals surface area contributed by atoms with E-state index in [9.17, 15) is 0 Å². The van der Waals surface area contributed by atoms with Crippen molar-refractivity contribution in [1.82, 2.24) is 9.97 Å². The Kier molecular flexibility index (Phi) is 4.62. The second kappa shape index (κ2) is 6.43. The molecule has 0 atom stereocenters. The normalized spacial score (nSPS) is 10.3. The molecule has 21 heavy (non-hydrogen) atoms. The van der Waals surface area contributed by atoms with Crippen molar-refractivity contribution in [3.8, 4) is 11.5 Å². The highest BCUT2D eigenvalue weighted by molar-refractivity contribution is 5.46. The highest BCUT2D eigenvalue weighted by Crippen LogP contribution is 2.28. The molecule has 1 aromatic carbocycles. The summed E-state index contributed by atoms with van der Waals surface area (Å²) in [6.07, 6.45) is 0.649. The molecular weight excluding hydrogens is 266 g/mol. The lowest BCUT2D eigenvalue weighted by molar-refractivity contribution is 0.354. The Morgan fingerprint density at radius 2 is 1.76 bits per heavy atom. The molecule has 0 spiro atoms. The topological polar surface area (TPSA) is 56.3 Å². The molecule has 112 valence electrons. The monoisotopic (exact) mass is 287 g/mol. The summed E-state index contributed by atoms with van der Waals surface area (Å²) in [7, 11) is 5.13. The Morgan fingerprint density at radius 3 is 2.38 bits per heavy atom. The molecule has 0 aliphatic carbocycles. The van der Waals surface area contributed by atoms with E-state index in [1.807, 2.05) is 39.1 Å². The van der Waals surface area contributed by atoms with Crippen molar-refractivity contribution < 1.29 is 9.47 Å². The maximum atomic E-state index is 5.32. The van der Waals surface area contributed by atoms with E-state index in [2.05, 4.69) is 15.3 Å². The van der Waals surface area contributed by atoms with Crippen LogP contribution in [-0.4, -0.2) is 31.2 Å². The molecule has 0 aliphatic heterocycles. The van der Waals surface area contributed by atoms with E-state index >= 15 is 0 Å². The quantitative estimate of drug-likeness (QED) is 0.916. The van der Waals surface area contributed by atoms with Crippen LogP contribution in [0.5, 0.6) is 11.5 Å². The number of nitrogens with one attached hydrogen (secondary N) is 1. The molecule has 0 aliphatic rings. The van der Waals surface area contributed by atoms with E-state index in [4.69, 9.17) is 9.47 Å². The fourth-order valence-corrected chi connectivity index (χ4v) is 2.18. The van der Waals surface area contributed by atoms with Crippen LogP contribution in [-0.2, 0) is 6.42 Å². The lowest BCUT2D eigenvalue weighted by Crippen LogP contribution is -2.06. The lowest BCUT2D eigenvalue weighted by atomic mass is 10.1. The van der Waals surface area contributed by atoms with Crippen molar-refractivity contribution in [2.45, 2.75) is 20.3 Å².